The van der Waals surface area contributed by atoms with E-state index < -0.39 is 16.0 Å². The quantitative estimate of drug-likeness (QED) is 0.222. The van der Waals surface area contributed by atoms with Gasteiger partial charge in [-0.05, 0) is 37.1 Å². The molecule has 7 rings (SSSR count). The summed E-state index contributed by atoms with van der Waals surface area (Å²) >= 11 is 0. The molecule has 4 heterocycles. The minimum Gasteiger partial charge on any atom is -0.464 e. The first-order chi connectivity index (χ1) is 22.8. The van der Waals surface area contributed by atoms with E-state index >= 15 is 0 Å². The average Bonchev–Trinajstić information content (AvgIpc) is 3.64. The van der Waals surface area contributed by atoms with Crippen molar-refractivity contribution in [3.8, 4) is 11.4 Å². The highest BCUT2D eigenvalue weighted by molar-refractivity contribution is 7.89. The Balaban J connectivity index is 1.01. The summed E-state index contributed by atoms with van der Waals surface area (Å²) in [5.41, 5.74) is 2.19. The van der Waals surface area contributed by atoms with E-state index in [-0.39, 0.29) is 22.3 Å². The molecule has 2 aliphatic rings. The van der Waals surface area contributed by atoms with Gasteiger partial charge in [0, 0.05) is 61.1 Å². The van der Waals surface area contributed by atoms with E-state index in [9.17, 15) is 18.0 Å². The van der Waals surface area contributed by atoms with Gasteiger partial charge in [-0.2, -0.15) is 18.5 Å². The van der Waals surface area contributed by atoms with Crippen molar-refractivity contribution in [3.63, 3.8) is 0 Å². The van der Waals surface area contributed by atoms with Gasteiger partial charge in [0.05, 0.1) is 12.0 Å². The number of ether oxygens (including phenoxy) is 1. The number of nitrogens with one attached hydrogen (secondary N) is 2. The van der Waals surface area contributed by atoms with Gasteiger partial charge in [0.25, 0.3) is 15.9 Å². The van der Waals surface area contributed by atoms with Gasteiger partial charge in [-0.15, -0.1) is 9.19 Å². The third kappa shape index (κ3) is 6.27. The molecule has 16 heteroatoms. The number of hydrogen-bond acceptors (Lipinski definition) is 12. The molecule has 1 saturated heterocycles. The smallest absolute Gasteiger partial charge is 0.356 e. The largest absolute Gasteiger partial charge is 0.464 e. The molecule has 0 atom stereocenters. The van der Waals surface area contributed by atoms with Crippen LogP contribution in [0.25, 0.3) is 11.4 Å². The van der Waals surface area contributed by atoms with Crippen LogP contribution in [-0.4, -0.2) is 92.8 Å². The number of hydrogen-bond donors (Lipinski definition) is 2. The van der Waals surface area contributed by atoms with Gasteiger partial charge in [0.2, 0.25) is 5.95 Å². The SMILES string of the molecule is COC(=O)c1cc(Nc2cc(C3CC3)[nH]n2)nc(N2CCN(C(=O)c3ccc(S(=O)(=O)n4cnc(-c5ccccc5)n4)cc3)CC2)n1. The van der Waals surface area contributed by atoms with E-state index in [2.05, 4.69) is 35.6 Å². The molecule has 0 bridgehead atoms. The van der Waals surface area contributed by atoms with Crippen LogP contribution in [0, 0.1) is 0 Å². The number of aromatic amines is 1. The van der Waals surface area contributed by atoms with Gasteiger partial charge in [0.1, 0.15) is 12.1 Å². The zero-order chi connectivity index (χ0) is 32.5. The molecule has 1 aliphatic carbocycles. The fourth-order valence-corrected chi connectivity index (χ4v) is 6.29. The Hall–Kier alpha value is -5.64. The van der Waals surface area contributed by atoms with Crippen molar-refractivity contribution in [1.29, 1.82) is 0 Å². The number of H-pyrrole nitrogens is 1. The zero-order valence-electron chi connectivity index (χ0n) is 25.3. The maximum atomic E-state index is 13.3. The number of carbonyl (C=O) groups excluding carboxylic acids is 2. The van der Waals surface area contributed by atoms with Crippen LogP contribution >= 0.6 is 0 Å². The van der Waals surface area contributed by atoms with Gasteiger partial charge in [0.15, 0.2) is 17.3 Å². The number of esters is 1. The lowest BCUT2D eigenvalue weighted by Gasteiger charge is -2.35. The molecule has 0 radical (unpaired) electrons. The number of anilines is 3. The Bertz CT molecular complexity index is 2030. The van der Waals surface area contributed by atoms with Crippen LogP contribution in [0.2, 0.25) is 0 Å². The van der Waals surface area contributed by atoms with Crippen LogP contribution in [0.3, 0.4) is 0 Å². The maximum absolute atomic E-state index is 13.3. The Morgan fingerprint density at radius 2 is 1.68 bits per heavy atom. The normalized spacial score (nSPS) is 15.0. The molecule has 2 aromatic carbocycles. The van der Waals surface area contributed by atoms with Crippen LogP contribution in [-0.2, 0) is 14.8 Å². The lowest BCUT2D eigenvalue weighted by Crippen LogP contribution is -2.49. The van der Waals surface area contributed by atoms with Crippen LogP contribution in [0.1, 0.15) is 45.3 Å². The van der Waals surface area contributed by atoms with E-state index in [0.717, 1.165) is 29.0 Å². The van der Waals surface area contributed by atoms with Gasteiger partial charge >= 0.3 is 5.97 Å². The number of nitrogens with zero attached hydrogens (tertiary/aromatic N) is 8. The topological polar surface area (TPSA) is 181 Å². The van der Waals surface area contributed by atoms with Crippen molar-refractivity contribution in [3.05, 3.63) is 90.0 Å². The first kappa shape index (κ1) is 30.0. The molecule has 15 nitrogen and oxygen atoms in total. The van der Waals surface area contributed by atoms with Crippen molar-refractivity contribution in [1.82, 2.24) is 39.2 Å². The maximum Gasteiger partial charge on any atom is 0.356 e. The zero-order valence-corrected chi connectivity index (χ0v) is 26.1. The van der Waals surface area contributed by atoms with E-state index in [1.165, 1.54) is 37.4 Å². The molecule has 0 spiro atoms. The number of methoxy groups -OCH3 is 1. The van der Waals surface area contributed by atoms with Crippen LogP contribution in [0.5, 0.6) is 0 Å². The summed E-state index contributed by atoms with van der Waals surface area (Å²) in [6.07, 6.45) is 3.42. The fourth-order valence-electron chi connectivity index (χ4n) is 5.24. The Morgan fingerprint density at radius 1 is 0.936 bits per heavy atom. The number of carbonyl (C=O) groups is 2. The van der Waals surface area contributed by atoms with Gasteiger partial charge in [-0.1, -0.05) is 30.3 Å². The summed E-state index contributed by atoms with van der Waals surface area (Å²) < 4.78 is 32.1. The van der Waals surface area contributed by atoms with Crippen molar-refractivity contribution < 1.29 is 22.7 Å². The van der Waals surface area contributed by atoms with Crippen LogP contribution in [0.4, 0.5) is 17.6 Å². The molecule has 1 amide bonds. The Kier molecular flexibility index (Phi) is 7.85. The second-order valence-corrected chi connectivity index (χ2v) is 12.9. The molecule has 2 N–H and O–H groups in total. The summed E-state index contributed by atoms with van der Waals surface area (Å²) in [5, 5.41) is 14.6. The molecule has 240 valence electrons. The van der Waals surface area contributed by atoms with E-state index in [1.807, 2.05) is 29.2 Å². The predicted octanol–water partition coefficient (Wildman–Crippen LogP) is 3.07. The lowest BCUT2D eigenvalue weighted by atomic mass is 10.2. The monoisotopic (exact) mass is 654 g/mol. The first-order valence-corrected chi connectivity index (χ1v) is 16.4. The summed E-state index contributed by atoms with van der Waals surface area (Å²) in [7, 11) is -2.73. The molecule has 5 aromatic rings. The Labute approximate surface area is 269 Å². The number of rotatable bonds is 9. The van der Waals surface area contributed by atoms with Gasteiger partial charge < -0.3 is 19.9 Å². The second-order valence-electron chi connectivity index (χ2n) is 11.2. The third-order valence-electron chi connectivity index (χ3n) is 7.98. The summed E-state index contributed by atoms with van der Waals surface area (Å²) in [5.74, 6) is 1.24. The summed E-state index contributed by atoms with van der Waals surface area (Å²) in [6, 6.07) is 18.2. The van der Waals surface area contributed by atoms with E-state index in [4.69, 9.17) is 4.74 Å². The van der Waals surface area contributed by atoms with Crippen molar-refractivity contribution in [2.45, 2.75) is 23.7 Å². The number of aromatic nitrogens is 7. The Morgan fingerprint density at radius 3 is 2.38 bits per heavy atom. The number of amides is 1. The minimum absolute atomic E-state index is 0.0194. The molecule has 1 saturated carbocycles. The molecule has 0 unspecified atom stereocenters. The second kappa shape index (κ2) is 12.3. The molecular weight excluding hydrogens is 624 g/mol. The molecular formula is C31H30N10O5S. The van der Waals surface area contributed by atoms with Crippen molar-refractivity contribution in [2.75, 3.05) is 43.5 Å². The van der Waals surface area contributed by atoms with Crippen molar-refractivity contribution in [2.24, 2.45) is 0 Å². The first-order valence-electron chi connectivity index (χ1n) is 14.9. The minimum atomic E-state index is -4.01. The van der Waals surface area contributed by atoms with Crippen LogP contribution < -0.4 is 10.2 Å². The number of benzene rings is 2. The average molecular weight is 655 g/mol. The summed E-state index contributed by atoms with van der Waals surface area (Å²) in [4.78, 5) is 42.5. The molecule has 1 aliphatic heterocycles. The molecule has 47 heavy (non-hydrogen) atoms. The van der Waals surface area contributed by atoms with Crippen LogP contribution in [0.15, 0.2) is 78.0 Å². The number of piperazine rings is 1. The van der Waals surface area contributed by atoms with Crippen molar-refractivity contribution >= 4 is 39.5 Å². The summed E-state index contributed by atoms with van der Waals surface area (Å²) in [6.45, 7) is 1.54. The van der Waals surface area contributed by atoms with E-state index in [0.29, 0.717) is 60.8 Å². The fraction of sp³-hybridized carbons (Fsp3) is 0.258. The van der Waals surface area contributed by atoms with Gasteiger partial charge in [-0.25, -0.2) is 14.8 Å². The van der Waals surface area contributed by atoms with E-state index in [1.54, 1.807) is 17.0 Å². The third-order valence-corrected chi connectivity index (χ3v) is 9.52. The van der Waals surface area contributed by atoms with Gasteiger partial charge in [-0.3, -0.25) is 9.89 Å². The molecule has 3 aromatic heterocycles. The standard InChI is InChI=1S/C31H30N10O5S/c1-46-30(43)25-18-26(34-27-17-24(36-37-27)20-7-8-20)35-31(33-25)40-15-13-39(14-16-40)29(42)22-9-11-23(12-10-22)47(44,45)41-19-32-28(38-41)21-5-3-2-4-6-21/h2-6,9-12,17-20H,7-8,13-16H2,1H3,(H2,33,34,35,36,37). The highest BCUT2D eigenvalue weighted by atomic mass is 32.2. The molecule has 2 fully saturated rings. The highest BCUT2D eigenvalue weighted by Gasteiger charge is 2.28. The highest BCUT2D eigenvalue weighted by Crippen LogP contribution is 2.39. The predicted molar refractivity (Wildman–Crippen MR) is 170 cm³/mol. The lowest BCUT2D eigenvalue weighted by molar-refractivity contribution is 0.0593.